The molecular formula is C18H21N3O2. The zero-order valence-corrected chi connectivity index (χ0v) is 13.3. The number of carbonyl (C=O) groups is 2. The van der Waals surface area contributed by atoms with Crippen LogP contribution in [0.25, 0.3) is 0 Å². The van der Waals surface area contributed by atoms with Crippen LogP contribution in [0.4, 0.5) is 11.4 Å². The normalized spacial score (nSPS) is 10.4. The van der Waals surface area contributed by atoms with Gasteiger partial charge in [0.15, 0.2) is 0 Å². The first-order chi connectivity index (χ1) is 11.0. The monoisotopic (exact) mass is 311 g/mol. The Morgan fingerprint density at radius 2 is 1.61 bits per heavy atom. The van der Waals surface area contributed by atoms with Gasteiger partial charge in [0.25, 0.3) is 5.91 Å². The van der Waals surface area contributed by atoms with Gasteiger partial charge in [0, 0.05) is 11.4 Å². The molecule has 0 saturated carbocycles. The standard InChI is InChI=1S/C18H21N3O2/c1-12(2)13-7-3-6-10-16(13)21-17(22)11-20-15-9-5-4-8-14(15)18(19)23/h3-10,12,20H,11H2,1-2H3,(H2,19,23)(H,21,22). The number of hydrogen-bond acceptors (Lipinski definition) is 3. The van der Waals surface area contributed by atoms with E-state index in [0.717, 1.165) is 11.3 Å². The highest BCUT2D eigenvalue weighted by Gasteiger charge is 2.11. The molecule has 5 nitrogen and oxygen atoms in total. The van der Waals surface area contributed by atoms with E-state index in [1.165, 1.54) is 0 Å². The molecule has 4 N–H and O–H groups in total. The van der Waals surface area contributed by atoms with Gasteiger partial charge >= 0.3 is 0 Å². The number of benzene rings is 2. The second-order valence-corrected chi connectivity index (χ2v) is 5.55. The van der Waals surface area contributed by atoms with E-state index in [0.29, 0.717) is 17.2 Å². The Balaban J connectivity index is 2.03. The van der Waals surface area contributed by atoms with E-state index in [1.54, 1.807) is 24.3 Å². The molecule has 0 heterocycles. The molecule has 0 unspecified atom stereocenters. The molecule has 0 aliphatic heterocycles. The van der Waals surface area contributed by atoms with E-state index in [2.05, 4.69) is 24.5 Å². The molecule has 0 radical (unpaired) electrons. The Labute approximate surface area is 135 Å². The average Bonchev–Trinajstić information content (AvgIpc) is 2.53. The predicted octanol–water partition coefficient (Wildman–Crippen LogP) is 2.96. The van der Waals surface area contributed by atoms with Gasteiger partial charge in [-0.3, -0.25) is 9.59 Å². The Morgan fingerprint density at radius 1 is 1.00 bits per heavy atom. The van der Waals surface area contributed by atoms with Gasteiger partial charge < -0.3 is 16.4 Å². The number of hydrogen-bond donors (Lipinski definition) is 3. The maximum absolute atomic E-state index is 12.2. The lowest BCUT2D eigenvalue weighted by molar-refractivity contribution is -0.114. The van der Waals surface area contributed by atoms with Crippen LogP contribution in [0.1, 0.15) is 35.7 Å². The largest absolute Gasteiger partial charge is 0.376 e. The van der Waals surface area contributed by atoms with Gasteiger partial charge in [-0.15, -0.1) is 0 Å². The molecule has 23 heavy (non-hydrogen) atoms. The lowest BCUT2D eigenvalue weighted by Crippen LogP contribution is -2.24. The molecule has 0 fully saturated rings. The van der Waals surface area contributed by atoms with E-state index >= 15 is 0 Å². The number of rotatable bonds is 6. The van der Waals surface area contributed by atoms with Gasteiger partial charge in [-0.1, -0.05) is 44.2 Å². The highest BCUT2D eigenvalue weighted by atomic mass is 16.2. The zero-order valence-electron chi connectivity index (χ0n) is 13.3. The van der Waals surface area contributed by atoms with Crippen LogP contribution in [-0.4, -0.2) is 18.4 Å². The molecule has 0 aliphatic rings. The van der Waals surface area contributed by atoms with Crippen LogP contribution in [0.15, 0.2) is 48.5 Å². The van der Waals surface area contributed by atoms with Crippen molar-refractivity contribution in [1.82, 2.24) is 0 Å². The number of carbonyl (C=O) groups excluding carboxylic acids is 2. The minimum atomic E-state index is -0.529. The fourth-order valence-electron chi connectivity index (χ4n) is 2.34. The van der Waals surface area contributed by atoms with Crippen LogP contribution in [0.2, 0.25) is 0 Å². The summed E-state index contributed by atoms with van der Waals surface area (Å²) < 4.78 is 0. The molecule has 120 valence electrons. The molecule has 2 aromatic rings. The summed E-state index contributed by atoms with van der Waals surface area (Å²) in [6, 6.07) is 14.6. The lowest BCUT2D eigenvalue weighted by Gasteiger charge is -2.14. The van der Waals surface area contributed by atoms with Gasteiger partial charge in [-0.2, -0.15) is 0 Å². The Bertz CT molecular complexity index is 711. The van der Waals surface area contributed by atoms with Gasteiger partial charge in [-0.25, -0.2) is 0 Å². The Kier molecular flexibility index (Phi) is 5.36. The Hall–Kier alpha value is -2.82. The minimum absolute atomic E-state index is 0.0523. The number of para-hydroxylation sites is 2. The molecule has 0 bridgehead atoms. The first kappa shape index (κ1) is 16.5. The van der Waals surface area contributed by atoms with Gasteiger partial charge in [0.2, 0.25) is 5.91 Å². The third kappa shape index (κ3) is 4.32. The van der Waals surface area contributed by atoms with Crippen molar-refractivity contribution >= 4 is 23.2 Å². The van der Waals surface area contributed by atoms with Crippen molar-refractivity contribution < 1.29 is 9.59 Å². The fraction of sp³-hybridized carbons (Fsp3) is 0.222. The Morgan fingerprint density at radius 3 is 2.26 bits per heavy atom. The number of primary amides is 1. The average molecular weight is 311 g/mol. The summed E-state index contributed by atoms with van der Waals surface area (Å²) in [5.74, 6) is -0.397. The number of amides is 2. The van der Waals surface area contributed by atoms with Gasteiger partial charge in [0.1, 0.15) is 0 Å². The number of anilines is 2. The number of nitrogens with two attached hydrogens (primary N) is 1. The van der Waals surface area contributed by atoms with Gasteiger partial charge in [-0.05, 0) is 29.7 Å². The van der Waals surface area contributed by atoms with Crippen molar-refractivity contribution in [3.05, 3.63) is 59.7 Å². The highest BCUT2D eigenvalue weighted by molar-refractivity contribution is 6.00. The summed E-state index contributed by atoms with van der Waals surface area (Å²) in [4.78, 5) is 23.5. The number of nitrogens with one attached hydrogen (secondary N) is 2. The van der Waals surface area contributed by atoms with Crippen molar-refractivity contribution in [2.24, 2.45) is 5.73 Å². The molecule has 2 aromatic carbocycles. The topological polar surface area (TPSA) is 84.2 Å². The zero-order chi connectivity index (χ0) is 16.8. The van der Waals surface area contributed by atoms with Crippen molar-refractivity contribution in [1.29, 1.82) is 0 Å². The summed E-state index contributed by atoms with van der Waals surface area (Å²) in [6.07, 6.45) is 0. The first-order valence-corrected chi connectivity index (χ1v) is 7.50. The van der Waals surface area contributed by atoms with Crippen LogP contribution in [-0.2, 0) is 4.79 Å². The molecule has 0 aliphatic carbocycles. The van der Waals surface area contributed by atoms with Crippen LogP contribution < -0.4 is 16.4 Å². The molecular weight excluding hydrogens is 290 g/mol. The van der Waals surface area contributed by atoms with Crippen LogP contribution in [0.3, 0.4) is 0 Å². The predicted molar refractivity (Wildman–Crippen MR) is 92.6 cm³/mol. The lowest BCUT2D eigenvalue weighted by atomic mass is 10.0. The maximum atomic E-state index is 12.2. The van der Waals surface area contributed by atoms with Crippen LogP contribution in [0, 0.1) is 0 Å². The van der Waals surface area contributed by atoms with E-state index in [1.807, 2.05) is 24.3 Å². The minimum Gasteiger partial charge on any atom is -0.376 e. The first-order valence-electron chi connectivity index (χ1n) is 7.50. The molecule has 0 aromatic heterocycles. The molecule has 5 heteroatoms. The summed E-state index contributed by atoms with van der Waals surface area (Å²) in [5.41, 5.74) is 8.12. The van der Waals surface area contributed by atoms with Crippen molar-refractivity contribution in [2.45, 2.75) is 19.8 Å². The van der Waals surface area contributed by atoms with Crippen molar-refractivity contribution in [2.75, 3.05) is 17.2 Å². The van der Waals surface area contributed by atoms with Crippen LogP contribution in [0.5, 0.6) is 0 Å². The second-order valence-electron chi connectivity index (χ2n) is 5.55. The fourth-order valence-corrected chi connectivity index (χ4v) is 2.34. The maximum Gasteiger partial charge on any atom is 0.250 e. The van der Waals surface area contributed by atoms with Crippen molar-refractivity contribution in [3.63, 3.8) is 0 Å². The second kappa shape index (κ2) is 7.45. The molecule has 0 atom stereocenters. The summed E-state index contributed by atoms with van der Waals surface area (Å²) in [7, 11) is 0. The van der Waals surface area contributed by atoms with E-state index in [4.69, 9.17) is 5.73 Å². The molecule has 2 amide bonds. The quantitative estimate of drug-likeness (QED) is 0.767. The molecule has 0 spiro atoms. The van der Waals surface area contributed by atoms with E-state index in [9.17, 15) is 9.59 Å². The third-order valence-corrected chi connectivity index (χ3v) is 3.49. The third-order valence-electron chi connectivity index (χ3n) is 3.49. The van der Waals surface area contributed by atoms with E-state index < -0.39 is 5.91 Å². The van der Waals surface area contributed by atoms with Gasteiger partial charge in [0.05, 0.1) is 12.1 Å². The summed E-state index contributed by atoms with van der Waals surface area (Å²) in [6.45, 7) is 4.20. The smallest absolute Gasteiger partial charge is 0.250 e. The highest BCUT2D eigenvalue weighted by Crippen LogP contribution is 2.23. The van der Waals surface area contributed by atoms with E-state index in [-0.39, 0.29) is 12.5 Å². The summed E-state index contributed by atoms with van der Waals surface area (Å²) in [5, 5.41) is 5.84. The molecule has 0 saturated heterocycles. The molecule has 2 rings (SSSR count). The van der Waals surface area contributed by atoms with Crippen molar-refractivity contribution in [3.8, 4) is 0 Å². The summed E-state index contributed by atoms with van der Waals surface area (Å²) >= 11 is 0. The SMILES string of the molecule is CC(C)c1ccccc1NC(=O)CNc1ccccc1C(N)=O. The van der Waals surface area contributed by atoms with Crippen LogP contribution >= 0.6 is 0 Å².